The van der Waals surface area contributed by atoms with Gasteiger partial charge in [0.05, 0.1) is 18.6 Å². The first-order chi connectivity index (χ1) is 10.2. The summed E-state index contributed by atoms with van der Waals surface area (Å²) < 4.78 is 0. The Morgan fingerprint density at radius 3 is 2.86 bits per heavy atom. The average molecular weight is 283 g/mol. The van der Waals surface area contributed by atoms with Gasteiger partial charge in [0.25, 0.3) is 0 Å². The number of benzene rings is 1. The number of hydrogen-bond donors (Lipinski definition) is 2. The standard InChI is InChI=1S/C14H17N7/c1-9-7-11(10-5-3-4-6-12(10)16-9)13(17-15)8-14-18-20-21(2)19-14/h3-7,13,17H,8,15H2,1-2H3. The summed E-state index contributed by atoms with van der Waals surface area (Å²) in [7, 11) is 1.74. The van der Waals surface area contributed by atoms with Crippen molar-refractivity contribution in [1.82, 2.24) is 30.6 Å². The summed E-state index contributed by atoms with van der Waals surface area (Å²) in [5, 5.41) is 13.2. The second-order valence-electron chi connectivity index (χ2n) is 4.99. The monoisotopic (exact) mass is 283 g/mol. The van der Waals surface area contributed by atoms with E-state index in [0.717, 1.165) is 22.2 Å². The average Bonchev–Trinajstić information content (AvgIpc) is 2.89. The van der Waals surface area contributed by atoms with Crippen LogP contribution in [0.2, 0.25) is 0 Å². The fourth-order valence-corrected chi connectivity index (χ4v) is 2.47. The Morgan fingerprint density at radius 2 is 2.14 bits per heavy atom. The summed E-state index contributed by atoms with van der Waals surface area (Å²) in [6.45, 7) is 1.98. The number of pyridine rings is 1. The van der Waals surface area contributed by atoms with Crippen molar-refractivity contribution in [3.8, 4) is 0 Å². The van der Waals surface area contributed by atoms with Crippen LogP contribution in [0.1, 0.15) is 23.1 Å². The number of aryl methyl sites for hydroxylation is 2. The smallest absolute Gasteiger partial charge is 0.176 e. The molecule has 1 aromatic carbocycles. The molecule has 1 unspecified atom stereocenters. The van der Waals surface area contributed by atoms with E-state index < -0.39 is 0 Å². The topological polar surface area (TPSA) is 94.5 Å². The lowest BCUT2D eigenvalue weighted by Gasteiger charge is -2.17. The van der Waals surface area contributed by atoms with Gasteiger partial charge in [-0.2, -0.15) is 4.80 Å². The highest BCUT2D eigenvalue weighted by Crippen LogP contribution is 2.25. The number of nitrogens with zero attached hydrogens (tertiary/aromatic N) is 5. The van der Waals surface area contributed by atoms with Gasteiger partial charge in [0.15, 0.2) is 5.82 Å². The molecule has 3 aromatic rings. The van der Waals surface area contributed by atoms with Gasteiger partial charge in [0.1, 0.15) is 0 Å². The molecule has 3 rings (SSSR count). The molecule has 0 spiro atoms. The SMILES string of the molecule is Cc1cc(C(Cc2nnn(C)n2)NN)c2ccccc2n1. The summed E-state index contributed by atoms with van der Waals surface area (Å²) in [4.78, 5) is 5.99. The van der Waals surface area contributed by atoms with Crippen molar-refractivity contribution in [2.75, 3.05) is 0 Å². The van der Waals surface area contributed by atoms with E-state index in [9.17, 15) is 0 Å². The maximum absolute atomic E-state index is 5.75. The van der Waals surface area contributed by atoms with Gasteiger partial charge in [0, 0.05) is 17.5 Å². The Bertz CT molecular complexity index is 765. The summed E-state index contributed by atoms with van der Waals surface area (Å²) in [6, 6.07) is 9.97. The van der Waals surface area contributed by atoms with E-state index in [4.69, 9.17) is 5.84 Å². The molecule has 3 N–H and O–H groups in total. The van der Waals surface area contributed by atoms with E-state index in [0.29, 0.717) is 12.2 Å². The molecule has 7 heteroatoms. The zero-order chi connectivity index (χ0) is 14.8. The first-order valence-electron chi connectivity index (χ1n) is 6.72. The molecule has 21 heavy (non-hydrogen) atoms. The van der Waals surface area contributed by atoms with Crippen LogP contribution < -0.4 is 11.3 Å². The Kier molecular flexibility index (Phi) is 3.59. The van der Waals surface area contributed by atoms with Gasteiger partial charge in [0.2, 0.25) is 0 Å². The Morgan fingerprint density at radius 1 is 1.33 bits per heavy atom. The molecule has 0 aliphatic rings. The van der Waals surface area contributed by atoms with Crippen LogP contribution in [0.15, 0.2) is 30.3 Å². The van der Waals surface area contributed by atoms with Gasteiger partial charge in [-0.15, -0.1) is 10.2 Å². The third-order valence-electron chi connectivity index (χ3n) is 3.39. The summed E-state index contributed by atoms with van der Waals surface area (Å²) in [5.41, 5.74) is 5.85. The molecule has 2 aromatic heterocycles. The first-order valence-corrected chi connectivity index (χ1v) is 6.72. The van der Waals surface area contributed by atoms with Gasteiger partial charge in [-0.1, -0.05) is 18.2 Å². The van der Waals surface area contributed by atoms with Crippen LogP contribution in [-0.4, -0.2) is 25.2 Å². The number of tetrazole rings is 1. The molecule has 108 valence electrons. The summed E-state index contributed by atoms with van der Waals surface area (Å²) >= 11 is 0. The molecule has 0 amide bonds. The highest BCUT2D eigenvalue weighted by Gasteiger charge is 2.17. The molecule has 0 bridgehead atoms. The van der Waals surface area contributed by atoms with Crippen molar-refractivity contribution in [3.05, 3.63) is 47.4 Å². The first kappa shape index (κ1) is 13.6. The minimum absolute atomic E-state index is 0.0965. The molecule has 0 radical (unpaired) electrons. The Balaban J connectivity index is 2.04. The van der Waals surface area contributed by atoms with E-state index in [1.54, 1.807) is 7.05 Å². The Hall–Kier alpha value is -2.38. The number of hydrazine groups is 1. The fraction of sp³-hybridized carbons (Fsp3) is 0.286. The van der Waals surface area contributed by atoms with Crippen LogP contribution in [-0.2, 0) is 13.5 Å². The zero-order valence-electron chi connectivity index (χ0n) is 12.0. The van der Waals surface area contributed by atoms with Crippen molar-refractivity contribution in [1.29, 1.82) is 0 Å². The lowest BCUT2D eigenvalue weighted by atomic mass is 9.98. The van der Waals surface area contributed by atoms with E-state index in [1.807, 2.05) is 37.3 Å². The molecule has 0 aliphatic heterocycles. The van der Waals surface area contributed by atoms with Gasteiger partial charge in [-0.3, -0.25) is 16.3 Å². The van der Waals surface area contributed by atoms with Gasteiger partial charge in [-0.05, 0) is 29.8 Å². The van der Waals surface area contributed by atoms with Gasteiger partial charge >= 0.3 is 0 Å². The van der Waals surface area contributed by atoms with Crippen LogP contribution in [0.3, 0.4) is 0 Å². The lowest BCUT2D eigenvalue weighted by Crippen LogP contribution is -2.30. The molecule has 0 aliphatic carbocycles. The second-order valence-corrected chi connectivity index (χ2v) is 4.99. The number of hydrogen-bond acceptors (Lipinski definition) is 6. The molecule has 0 saturated carbocycles. The van der Waals surface area contributed by atoms with Gasteiger partial charge in [-0.25, -0.2) is 0 Å². The third kappa shape index (κ3) is 2.74. The Labute approximate surface area is 122 Å². The fourth-order valence-electron chi connectivity index (χ4n) is 2.47. The number of aromatic nitrogens is 5. The predicted octanol–water partition coefficient (Wildman–Crippen LogP) is 0.814. The zero-order valence-corrected chi connectivity index (χ0v) is 12.0. The molecular formula is C14H17N7. The van der Waals surface area contributed by atoms with Crippen LogP contribution in [0, 0.1) is 6.92 Å². The van der Waals surface area contributed by atoms with Crippen molar-refractivity contribution in [2.45, 2.75) is 19.4 Å². The predicted molar refractivity (Wildman–Crippen MR) is 79.0 cm³/mol. The normalized spacial score (nSPS) is 12.7. The number of fused-ring (bicyclic) bond motifs is 1. The highest BCUT2D eigenvalue weighted by molar-refractivity contribution is 5.82. The maximum atomic E-state index is 5.75. The van der Waals surface area contributed by atoms with Crippen molar-refractivity contribution < 1.29 is 0 Å². The quantitative estimate of drug-likeness (QED) is 0.543. The molecule has 2 heterocycles. The van der Waals surface area contributed by atoms with E-state index in [1.165, 1.54) is 4.80 Å². The van der Waals surface area contributed by atoms with E-state index in [-0.39, 0.29) is 6.04 Å². The number of rotatable bonds is 4. The number of nitrogens with one attached hydrogen (secondary N) is 1. The number of nitrogens with two attached hydrogens (primary N) is 1. The minimum atomic E-state index is -0.0965. The van der Waals surface area contributed by atoms with Crippen molar-refractivity contribution in [3.63, 3.8) is 0 Å². The summed E-state index contributed by atoms with van der Waals surface area (Å²) in [5.74, 6) is 6.40. The summed E-state index contributed by atoms with van der Waals surface area (Å²) in [6.07, 6.45) is 0.567. The van der Waals surface area contributed by atoms with E-state index in [2.05, 4.69) is 25.8 Å². The molecule has 0 saturated heterocycles. The lowest BCUT2D eigenvalue weighted by molar-refractivity contribution is 0.539. The number of para-hydroxylation sites is 1. The van der Waals surface area contributed by atoms with Crippen LogP contribution in [0.25, 0.3) is 10.9 Å². The molecule has 0 fully saturated rings. The van der Waals surface area contributed by atoms with Crippen LogP contribution in [0.5, 0.6) is 0 Å². The van der Waals surface area contributed by atoms with Crippen LogP contribution >= 0.6 is 0 Å². The highest BCUT2D eigenvalue weighted by atomic mass is 15.6. The van der Waals surface area contributed by atoms with Crippen molar-refractivity contribution in [2.24, 2.45) is 12.9 Å². The second kappa shape index (κ2) is 5.55. The molecular weight excluding hydrogens is 266 g/mol. The third-order valence-corrected chi connectivity index (χ3v) is 3.39. The van der Waals surface area contributed by atoms with Gasteiger partial charge < -0.3 is 0 Å². The van der Waals surface area contributed by atoms with E-state index >= 15 is 0 Å². The van der Waals surface area contributed by atoms with Crippen molar-refractivity contribution >= 4 is 10.9 Å². The molecule has 7 nitrogen and oxygen atoms in total. The largest absolute Gasteiger partial charge is 0.271 e. The minimum Gasteiger partial charge on any atom is -0.271 e. The molecule has 1 atom stereocenters. The maximum Gasteiger partial charge on any atom is 0.176 e. The van der Waals surface area contributed by atoms with Crippen LogP contribution in [0.4, 0.5) is 0 Å².